The zero-order valence-electron chi connectivity index (χ0n) is 15.8. The largest absolute Gasteiger partial charge is 0.471 e. The van der Waals surface area contributed by atoms with E-state index in [4.69, 9.17) is 0 Å². The van der Waals surface area contributed by atoms with Crippen LogP contribution in [0.3, 0.4) is 0 Å². The number of ether oxygens (including phenoxy) is 1. The Balaban J connectivity index is 2.14. The van der Waals surface area contributed by atoms with E-state index in [2.05, 4.69) is 4.74 Å². The van der Waals surface area contributed by atoms with Gasteiger partial charge < -0.3 is 14.5 Å². The smallest absolute Gasteiger partial charge is 0.465 e. The molecule has 0 bridgehead atoms. The summed E-state index contributed by atoms with van der Waals surface area (Å²) in [7, 11) is 0. The molecule has 2 rings (SSSR count). The molecule has 0 radical (unpaired) electrons. The van der Waals surface area contributed by atoms with Crippen molar-refractivity contribution < 1.29 is 37.0 Å². The van der Waals surface area contributed by atoms with Crippen molar-refractivity contribution in [3.63, 3.8) is 0 Å². The second-order valence-electron chi connectivity index (χ2n) is 6.07. The molecule has 1 N–H and O–H groups in total. The van der Waals surface area contributed by atoms with Gasteiger partial charge >= 0.3 is 18.1 Å². The van der Waals surface area contributed by atoms with E-state index < -0.39 is 37.5 Å². The van der Waals surface area contributed by atoms with E-state index in [1.165, 1.54) is 6.92 Å². The number of benzene rings is 2. The lowest BCUT2D eigenvalue weighted by Gasteiger charge is -2.24. The van der Waals surface area contributed by atoms with E-state index >= 15 is 0 Å². The Morgan fingerprint density at radius 1 is 1.07 bits per heavy atom. The number of amides is 1. The van der Waals surface area contributed by atoms with Crippen molar-refractivity contribution in [2.45, 2.75) is 18.0 Å². The number of halogens is 3. The summed E-state index contributed by atoms with van der Waals surface area (Å²) in [6.07, 6.45) is -6.45. The molecule has 30 heavy (non-hydrogen) atoms. The third kappa shape index (κ3) is 7.19. The molecule has 0 aromatic heterocycles. The maximum atomic E-state index is 12.8. The van der Waals surface area contributed by atoms with Crippen molar-refractivity contribution in [3.8, 4) is 11.1 Å². The molecule has 0 heterocycles. The van der Waals surface area contributed by atoms with Crippen molar-refractivity contribution >= 4 is 29.8 Å². The normalized spacial score (nSPS) is 13.4. The van der Waals surface area contributed by atoms with Crippen LogP contribution >= 0.6 is 18.0 Å². The van der Waals surface area contributed by atoms with Gasteiger partial charge in [0.25, 0.3) is 6.57 Å². The maximum Gasteiger partial charge on any atom is 0.471 e. The summed E-state index contributed by atoms with van der Waals surface area (Å²) >= 11 is 0.444. The lowest BCUT2D eigenvalue weighted by Crippen LogP contribution is -2.44. The van der Waals surface area contributed by atoms with Crippen LogP contribution in [0.2, 0.25) is 0 Å². The number of rotatable bonds is 8. The standard InChI is InChI=1S/C19H19F3NO5PS/c1-2-28-17(24)12-23(18(25)19(20,21)22)13-29(26,27)30-16-10-8-15(9-11-16)14-6-4-3-5-7-14/h3-11H,2,12-13H2,1H3,(H,26,27). The molecule has 162 valence electrons. The molecule has 11 heteroatoms. The van der Waals surface area contributed by atoms with Gasteiger partial charge in [0.15, 0.2) is 0 Å². The molecule has 0 aliphatic carbocycles. The zero-order chi connectivity index (χ0) is 22.4. The second kappa shape index (κ2) is 10.1. The fraction of sp³-hybridized carbons (Fsp3) is 0.263. The molecular formula is C19H19F3NO5PS. The van der Waals surface area contributed by atoms with E-state index in [-0.39, 0.29) is 11.5 Å². The minimum atomic E-state index is -5.30. The van der Waals surface area contributed by atoms with E-state index in [9.17, 15) is 32.2 Å². The van der Waals surface area contributed by atoms with Gasteiger partial charge in [0.1, 0.15) is 12.8 Å². The molecule has 0 aliphatic rings. The molecule has 0 spiro atoms. The monoisotopic (exact) mass is 461 g/mol. The Morgan fingerprint density at radius 3 is 2.17 bits per heavy atom. The first-order valence-electron chi connectivity index (χ1n) is 8.70. The molecule has 0 saturated heterocycles. The SMILES string of the molecule is CCOC(=O)CN(CP(=O)(O)Sc1ccc(-c2ccccc2)cc1)C(=O)C(F)(F)F. The number of carbonyl (C=O) groups excluding carboxylic acids is 2. The highest BCUT2D eigenvalue weighted by Gasteiger charge is 2.45. The van der Waals surface area contributed by atoms with Crippen LogP contribution in [-0.2, 0) is 18.9 Å². The summed E-state index contributed by atoms with van der Waals surface area (Å²) in [6, 6.07) is 15.9. The summed E-state index contributed by atoms with van der Waals surface area (Å²) in [6.45, 7) is -4.08. The molecular weight excluding hydrogens is 442 g/mol. The molecule has 0 saturated carbocycles. The van der Waals surface area contributed by atoms with Crippen molar-refractivity contribution in [1.82, 2.24) is 4.90 Å². The van der Waals surface area contributed by atoms with Crippen LogP contribution in [-0.4, -0.2) is 47.3 Å². The van der Waals surface area contributed by atoms with Gasteiger partial charge in [-0.25, -0.2) is 0 Å². The molecule has 0 aliphatic heterocycles. The van der Waals surface area contributed by atoms with Gasteiger partial charge in [-0.3, -0.25) is 14.2 Å². The third-order valence-corrected chi connectivity index (χ3v) is 7.02. The van der Waals surface area contributed by atoms with Crippen molar-refractivity contribution in [2.24, 2.45) is 0 Å². The van der Waals surface area contributed by atoms with Crippen LogP contribution in [0.5, 0.6) is 0 Å². The Hall–Kier alpha value is -2.29. The minimum absolute atomic E-state index is 0.00981. The molecule has 2 aromatic rings. The quantitative estimate of drug-likeness (QED) is 0.459. The zero-order valence-corrected chi connectivity index (χ0v) is 17.5. The van der Waals surface area contributed by atoms with Gasteiger partial charge in [0, 0.05) is 4.90 Å². The topological polar surface area (TPSA) is 83.9 Å². The molecule has 0 fully saturated rings. The number of hydrogen-bond acceptors (Lipinski definition) is 5. The van der Waals surface area contributed by atoms with Crippen LogP contribution in [0.1, 0.15) is 6.92 Å². The highest BCUT2D eigenvalue weighted by Crippen LogP contribution is 2.58. The third-order valence-electron chi connectivity index (χ3n) is 3.71. The Labute approximate surface area is 175 Å². The Bertz CT molecular complexity index is 922. The highest BCUT2D eigenvalue weighted by atomic mass is 32.7. The lowest BCUT2D eigenvalue weighted by atomic mass is 10.1. The van der Waals surface area contributed by atoms with Gasteiger partial charge in [-0.15, -0.1) is 0 Å². The van der Waals surface area contributed by atoms with E-state index in [1.54, 1.807) is 24.3 Å². The Kier molecular flexibility index (Phi) is 8.11. The fourth-order valence-corrected chi connectivity index (χ4v) is 5.73. The predicted molar refractivity (Wildman–Crippen MR) is 107 cm³/mol. The van der Waals surface area contributed by atoms with Gasteiger partial charge in [-0.2, -0.15) is 13.2 Å². The first-order chi connectivity index (χ1) is 14.0. The first-order valence-corrected chi connectivity index (χ1v) is 12.0. The van der Waals surface area contributed by atoms with Crippen LogP contribution in [0.4, 0.5) is 13.2 Å². The number of carbonyl (C=O) groups is 2. The number of esters is 1. The van der Waals surface area contributed by atoms with Crippen LogP contribution in [0, 0.1) is 0 Å². The summed E-state index contributed by atoms with van der Waals surface area (Å²) in [4.78, 5) is 33.6. The molecule has 1 unspecified atom stereocenters. The van der Waals surface area contributed by atoms with E-state index in [0.717, 1.165) is 11.1 Å². The van der Waals surface area contributed by atoms with Gasteiger partial charge in [-0.1, -0.05) is 42.5 Å². The van der Waals surface area contributed by atoms with Gasteiger partial charge in [-0.05, 0) is 41.6 Å². The van der Waals surface area contributed by atoms with Crippen LogP contribution < -0.4 is 0 Å². The fourth-order valence-electron chi connectivity index (χ4n) is 2.48. The summed E-state index contributed by atoms with van der Waals surface area (Å²) in [5, 5.41) is 0. The minimum Gasteiger partial charge on any atom is -0.465 e. The van der Waals surface area contributed by atoms with Crippen molar-refractivity contribution in [3.05, 3.63) is 54.6 Å². The summed E-state index contributed by atoms with van der Waals surface area (Å²) in [5.41, 5.74) is 1.78. The maximum absolute atomic E-state index is 12.8. The van der Waals surface area contributed by atoms with Crippen molar-refractivity contribution in [1.29, 1.82) is 0 Å². The molecule has 2 aromatic carbocycles. The van der Waals surface area contributed by atoms with E-state index in [1.807, 2.05) is 30.3 Å². The van der Waals surface area contributed by atoms with E-state index in [0.29, 0.717) is 16.3 Å². The van der Waals surface area contributed by atoms with Crippen molar-refractivity contribution in [2.75, 3.05) is 19.4 Å². The number of alkyl halides is 3. The highest BCUT2D eigenvalue weighted by molar-refractivity contribution is 8.56. The molecule has 1 atom stereocenters. The van der Waals surface area contributed by atoms with Crippen LogP contribution in [0.25, 0.3) is 11.1 Å². The summed E-state index contributed by atoms with van der Waals surface area (Å²) < 4.78 is 55.5. The molecule has 6 nitrogen and oxygen atoms in total. The predicted octanol–water partition coefficient (Wildman–Crippen LogP) is 4.54. The Morgan fingerprint density at radius 2 is 1.63 bits per heavy atom. The lowest BCUT2D eigenvalue weighted by molar-refractivity contribution is -0.186. The first kappa shape index (κ1) is 24.0. The number of hydrogen-bond donors (Lipinski definition) is 1. The van der Waals surface area contributed by atoms with Gasteiger partial charge in [0.05, 0.1) is 6.61 Å². The second-order valence-corrected chi connectivity index (χ2v) is 10.5. The average Bonchev–Trinajstić information content (AvgIpc) is 2.67. The summed E-state index contributed by atoms with van der Waals surface area (Å²) in [5.74, 6) is -3.49. The molecule has 1 amide bonds. The van der Waals surface area contributed by atoms with Crippen LogP contribution in [0.15, 0.2) is 59.5 Å². The average molecular weight is 461 g/mol. The van der Waals surface area contributed by atoms with Gasteiger partial charge in [0.2, 0.25) is 0 Å². The number of nitrogens with zero attached hydrogens (tertiary/aromatic N) is 1.